The third kappa shape index (κ3) is 2.47. The zero-order chi connectivity index (χ0) is 17.5. The van der Waals surface area contributed by atoms with E-state index >= 15 is 0 Å². The van der Waals surface area contributed by atoms with E-state index in [9.17, 15) is 15.2 Å². The first-order valence-corrected chi connectivity index (χ1v) is 7.75. The van der Waals surface area contributed by atoms with Crippen LogP contribution in [0.15, 0.2) is 42.5 Å². The average Bonchev–Trinajstić information content (AvgIpc) is 2.58. The van der Waals surface area contributed by atoms with Gasteiger partial charge in [-0.3, -0.25) is 10.1 Å². The average molecular weight is 370 g/mol. The maximum absolute atomic E-state index is 11.7. The Hall–Kier alpha value is -2.02. The lowest BCUT2D eigenvalue weighted by Crippen LogP contribution is -2.49. The third-order valence-corrected chi connectivity index (χ3v) is 4.76. The van der Waals surface area contributed by atoms with Crippen LogP contribution in [0.2, 0.25) is 5.02 Å². The number of hydrogen-bond donors (Lipinski definition) is 1. The van der Waals surface area contributed by atoms with E-state index in [1.165, 1.54) is 7.11 Å². The summed E-state index contributed by atoms with van der Waals surface area (Å²) in [6.07, 6.45) is -2.84. The molecule has 0 spiro atoms. The van der Waals surface area contributed by atoms with Crippen molar-refractivity contribution in [1.82, 2.24) is 0 Å². The van der Waals surface area contributed by atoms with Crippen molar-refractivity contribution < 1.29 is 19.5 Å². The fraction of sp³-hybridized carbons (Fsp3) is 0.250. The summed E-state index contributed by atoms with van der Waals surface area (Å²) < 4.78 is 11.0. The molecule has 3 rings (SSSR count). The van der Waals surface area contributed by atoms with Crippen LogP contribution in [0, 0.1) is 10.1 Å². The molecule has 126 valence electrons. The van der Waals surface area contributed by atoms with Crippen molar-refractivity contribution in [1.29, 1.82) is 0 Å². The first kappa shape index (κ1) is 16.8. The molecule has 2 aromatic rings. The summed E-state index contributed by atoms with van der Waals surface area (Å²) in [6.45, 7) is 0. The number of methoxy groups -OCH3 is 1. The quantitative estimate of drug-likeness (QED) is 0.385. The molecule has 0 bridgehead atoms. The minimum absolute atomic E-state index is 0.150. The van der Waals surface area contributed by atoms with Crippen LogP contribution < -0.4 is 9.47 Å². The SMILES string of the molecule is COc1cccc2c1C(O)C(Cl)([N+](=O)[O-])C(c1ccc(Cl)cc1)O2. The fourth-order valence-electron chi connectivity index (χ4n) is 2.76. The maximum Gasteiger partial charge on any atom is 0.365 e. The molecule has 1 N–H and O–H groups in total. The molecule has 1 aliphatic heterocycles. The molecule has 1 heterocycles. The topological polar surface area (TPSA) is 81.8 Å². The summed E-state index contributed by atoms with van der Waals surface area (Å²) in [5.74, 6) is 0.543. The number of hydrogen-bond acceptors (Lipinski definition) is 5. The maximum atomic E-state index is 11.7. The van der Waals surface area contributed by atoms with Crippen molar-refractivity contribution >= 4 is 23.2 Å². The number of benzene rings is 2. The molecular weight excluding hydrogens is 357 g/mol. The van der Waals surface area contributed by atoms with Gasteiger partial charge in [-0.15, -0.1) is 0 Å². The molecule has 1 aliphatic rings. The Labute approximate surface area is 147 Å². The van der Waals surface area contributed by atoms with E-state index in [4.69, 9.17) is 32.7 Å². The van der Waals surface area contributed by atoms with Crippen LogP contribution in [0.3, 0.4) is 0 Å². The first-order chi connectivity index (χ1) is 11.4. The lowest BCUT2D eigenvalue weighted by molar-refractivity contribution is -0.570. The van der Waals surface area contributed by atoms with Gasteiger partial charge in [0.1, 0.15) is 11.5 Å². The van der Waals surface area contributed by atoms with Crippen molar-refractivity contribution in [2.75, 3.05) is 7.11 Å². The molecule has 6 nitrogen and oxygen atoms in total. The Morgan fingerprint density at radius 2 is 1.96 bits per heavy atom. The second-order valence-corrected chi connectivity index (χ2v) is 6.35. The number of fused-ring (bicyclic) bond motifs is 1. The molecule has 3 atom stereocenters. The number of nitro groups is 1. The molecule has 0 saturated heterocycles. The van der Waals surface area contributed by atoms with Gasteiger partial charge in [-0.05, 0) is 35.9 Å². The Balaban J connectivity index is 2.19. The largest absolute Gasteiger partial charge is 0.496 e. The van der Waals surface area contributed by atoms with Gasteiger partial charge in [0.05, 0.1) is 17.6 Å². The highest BCUT2D eigenvalue weighted by Gasteiger charge is 2.62. The van der Waals surface area contributed by atoms with E-state index in [0.29, 0.717) is 10.6 Å². The van der Waals surface area contributed by atoms with Crippen molar-refractivity contribution in [3.63, 3.8) is 0 Å². The van der Waals surface area contributed by atoms with Gasteiger partial charge < -0.3 is 14.6 Å². The van der Waals surface area contributed by atoms with Gasteiger partial charge in [-0.1, -0.05) is 29.8 Å². The summed E-state index contributed by atoms with van der Waals surface area (Å²) in [7, 11) is 1.40. The Morgan fingerprint density at radius 1 is 1.29 bits per heavy atom. The van der Waals surface area contributed by atoms with Crippen molar-refractivity contribution in [2.45, 2.75) is 17.2 Å². The van der Waals surface area contributed by atoms with E-state index in [1.54, 1.807) is 42.5 Å². The van der Waals surface area contributed by atoms with Crippen LogP contribution in [0.5, 0.6) is 11.5 Å². The smallest absolute Gasteiger partial charge is 0.365 e. The lowest BCUT2D eigenvalue weighted by atomic mass is 9.89. The summed E-state index contributed by atoms with van der Waals surface area (Å²) in [4.78, 5) is 8.66. The van der Waals surface area contributed by atoms with Crippen LogP contribution in [0.25, 0.3) is 0 Å². The second-order valence-electron chi connectivity index (χ2n) is 5.31. The van der Waals surface area contributed by atoms with E-state index < -0.39 is 22.1 Å². The molecule has 2 aromatic carbocycles. The molecule has 0 aliphatic carbocycles. The highest BCUT2D eigenvalue weighted by Crippen LogP contribution is 2.53. The summed E-state index contributed by atoms with van der Waals surface area (Å²) in [5, 5.41) is 22.9. The van der Waals surface area contributed by atoms with E-state index in [0.717, 1.165) is 0 Å². The van der Waals surface area contributed by atoms with E-state index in [1.807, 2.05) is 0 Å². The van der Waals surface area contributed by atoms with E-state index in [-0.39, 0.29) is 17.1 Å². The zero-order valence-corrected chi connectivity index (χ0v) is 14.0. The number of halogens is 2. The Kier molecular flexibility index (Phi) is 4.29. The van der Waals surface area contributed by atoms with Crippen LogP contribution >= 0.6 is 23.2 Å². The molecule has 24 heavy (non-hydrogen) atoms. The van der Waals surface area contributed by atoms with Gasteiger partial charge in [-0.2, -0.15) is 0 Å². The van der Waals surface area contributed by atoms with Crippen molar-refractivity contribution in [3.8, 4) is 11.5 Å². The molecular formula is C16H13Cl2NO5. The molecule has 0 radical (unpaired) electrons. The molecule has 0 amide bonds. The Morgan fingerprint density at radius 3 is 2.54 bits per heavy atom. The number of rotatable bonds is 3. The van der Waals surface area contributed by atoms with Gasteiger partial charge in [-0.25, -0.2) is 0 Å². The highest BCUT2D eigenvalue weighted by atomic mass is 35.5. The van der Waals surface area contributed by atoms with Gasteiger partial charge >= 0.3 is 5.00 Å². The third-order valence-electron chi connectivity index (χ3n) is 3.97. The number of alkyl halides is 1. The van der Waals surface area contributed by atoms with Crippen molar-refractivity contribution in [2.24, 2.45) is 0 Å². The number of ether oxygens (including phenoxy) is 2. The van der Waals surface area contributed by atoms with Gasteiger partial charge in [0, 0.05) is 10.6 Å². The van der Waals surface area contributed by atoms with Crippen LogP contribution in [-0.2, 0) is 0 Å². The standard InChI is InChI=1S/C16H13Cl2NO5/c1-23-11-3-2-4-12-13(11)14(20)16(18,19(21)22)15(24-12)9-5-7-10(17)8-6-9/h2-8,14-15,20H,1H3. The van der Waals surface area contributed by atoms with Crippen LogP contribution in [0.4, 0.5) is 0 Å². The molecule has 0 fully saturated rings. The van der Waals surface area contributed by atoms with Gasteiger partial charge in [0.25, 0.3) is 0 Å². The Bertz CT molecular complexity index is 783. The van der Waals surface area contributed by atoms with E-state index in [2.05, 4.69) is 0 Å². The van der Waals surface area contributed by atoms with Gasteiger partial charge in [0.2, 0.25) is 6.10 Å². The molecule has 3 unspecified atom stereocenters. The zero-order valence-electron chi connectivity index (χ0n) is 12.5. The first-order valence-electron chi connectivity index (χ1n) is 7.00. The second kappa shape index (κ2) is 6.12. The number of nitrogens with zero attached hydrogens (tertiary/aromatic N) is 1. The molecule has 8 heteroatoms. The summed E-state index contributed by atoms with van der Waals surface area (Å²) >= 11 is 12.2. The highest BCUT2D eigenvalue weighted by molar-refractivity contribution is 6.30. The van der Waals surface area contributed by atoms with Gasteiger partial charge in [0.15, 0.2) is 6.10 Å². The minimum atomic E-state index is -2.31. The summed E-state index contributed by atoms with van der Waals surface area (Å²) in [5.41, 5.74) is 0.579. The lowest BCUT2D eigenvalue weighted by Gasteiger charge is -2.37. The number of aliphatic hydroxyl groups is 1. The van der Waals surface area contributed by atoms with Crippen LogP contribution in [0.1, 0.15) is 23.3 Å². The van der Waals surface area contributed by atoms with Crippen molar-refractivity contribution in [3.05, 3.63) is 68.7 Å². The fourth-order valence-corrected chi connectivity index (χ4v) is 3.17. The molecule has 0 aromatic heterocycles. The molecule has 0 saturated carbocycles. The minimum Gasteiger partial charge on any atom is -0.496 e. The monoisotopic (exact) mass is 369 g/mol. The normalized spacial score (nSPS) is 25.5. The number of aliphatic hydroxyl groups excluding tert-OH is 1. The predicted molar refractivity (Wildman–Crippen MR) is 88.4 cm³/mol. The van der Waals surface area contributed by atoms with Crippen LogP contribution in [-0.4, -0.2) is 22.1 Å². The summed E-state index contributed by atoms with van der Waals surface area (Å²) in [6, 6.07) is 11.1. The predicted octanol–water partition coefficient (Wildman–Crippen LogP) is 3.73.